The van der Waals surface area contributed by atoms with Crippen molar-refractivity contribution in [2.45, 2.75) is 5.92 Å². The number of aromatic nitrogens is 2. The molecule has 1 saturated heterocycles. The summed E-state index contributed by atoms with van der Waals surface area (Å²) in [7, 11) is 0. The lowest BCUT2D eigenvalue weighted by Gasteiger charge is -2.23. The smallest absolute Gasteiger partial charge is 0.135 e. The van der Waals surface area contributed by atoms with E-state index in [9.17, 15) is 0 Å². The summed E-state index contributed by atoms with van der Waals surface area (Å²) in [6, 6.07) is 0. The molecule has 2 rings (SSSR count). The Hall–Kier alpha value is -0.480. The maximum absolute atomic E-state index is 7.43. The van der Waals surface area contributed by atoms with Crippen molar-refractivity contribution in [1.29, 1.82) is 0 Å². The molecule has 1 aromatic heterocycles. The minimum atomic E-state index is 0.0712. The number of nitrogens with zero attached hydrogens (tertiary/aromatic N) is 2. The van der Waals surface area contributed by atoms with Gasteiger partial charge in [0.1, 0.15) is 5.82 Å². The normalized spacial score (nSPS) is 20.5. The van der Waals surface area contributed by atoms with E-state index >= 15 is 0 Å². The van der Waals surface area contributed by atoms with Crippen LogP contribution in [0.4, 0.5) is 0 Å². The van der Waals surface area contributed by atoms with Crippen LogP contribution in [0.5, 0.6) is 0 Å². The molecule has 2 heterocycles. The van der Waals surface area contributed by atoms with E-state index in [-0.39, 0.29) is 18.3 Å². The van der Waals surface area contributed by atoms with Crippen molar-refractivity contribution in [2.24, 2.45) is 0 Å². The maximum Gasteiger partial charge on any atom is 0.135 e. The summed E-state index contributed by atoms with van der Waals surface area (Å²) >= 11 is 3.07. The van der Waals surface area contributed by atoms with Gasteiger partial charge in [0.25, 0.3) is 0 Å². The first-order chi connectivity index (χ1) is 6.18. The van der Waals surface area contributed by atoms with E-state index in [0.29, 0.717) is 23.5 Å². The Morgan fingerprint density at radius 3 is 2.64 bits per heavy atom. The highest BCUT2D eigenvalue weighted by Gasteiger charge is 2.22. The summed E-state index contributed by atoms with van der Waals surface area (Å²) in [4.78, 5) is 7.93. The van der Waals surface area contributed by atoms with Crippen LogP contribution in [0.25, 0.3) is 0 Å². The van der Waals surface area contributed by atoms with Crippen LogP contribution in [0.1, 0.15) is 14.5 Å². The summed E-state index contributed by atoms with van der Waals surface area (Å²) in [5, 5.41) is 0. The minimum Gasteiger partial charge on any atom is -0.380 e. The quantitative estimate of drug-likeness (QED) is 0.712. The number of hydrogen-bond donors (Lipinski definition) is 0. The lowest BCUT2D eigenvalue weighted by atomic mass is 10.1. The highest BCUT2D eigenvalue weighted by atomic mass is 79.9. The molecule has 11 heavy (non-hydrogen) atoms. The largest absolute Gasteiger partial charge is 0.380 e. The summed E-state index contributed by atoms with van der Waals surface area (Å²) in [5.41, 5.74) is 0. The highest BCUT2D eigenvalue weighted by Crippen LogP contribution is 2.20. The van der Waals surface area contributed by atoms with Gasteiger partial charge in [0.05, 0.1) is 26.3 Å². The van der Waals surface area contributed by atoms with Gasteiger partial charge in [0.15, 0.2) is 0 Å². The van der Waals surface area contributed by atoms with Crippen molar-refractivity contribution in [3.05, 3.63) is 22.6 Å². The zero-order valence-electron chi connectivity index (χ0n) is 7.67. The fraction of sp³-hybridized carbons (Fsp3) is 0.429. The van der Waals surface area contributed by atoms with Crippen LogP contribution < -0.4 is 0 Å². The van der Waals surface area contributed by atoms with Crippen LogP contribution in [0.2, 0.25) is 0 Å². The van der Waals surface area contributed by atoms with Gasteiger partial charge in [-0.1, -0.05) is 0 Å². The van der Waals surface area contributed by atoms with Gasteiger partial charge in [0, 0.05) is 12.3 Å². The molecular weight excluding hydrogens is 208 g/mol. The SMILES string of the molecule is [2H]c1nc(C2COC2)nc([2H])c1Br. The molecule has 1 aliphatic rings. The molecule has 0 aliphatic carbocycles. The molecule has 3 nitrogen and oxygen atoms in total. The third-order valence-electron chi connectivity index (χ3n) is 1.54. The summed E-state index contributed by atoms with van der Waals surface area (Å²) in [5.74, 6) is 0.714. The summed E-state index contributed by atoms with van der Waals surface area (Å²) in [6.45, 7) is 1.20. The number of rotatable bonds is 1. The second-order valence-corrected chi connectivity index (χ2v) is 3.15. The van der Waals surface area contributed by atoms with Crippen molar-refractivity contribution < 1.29 is 7.48 Å². The minimum absolute atomic E-state index is 0.0712. The van der Waals surface area contributed by atoms with Crippen LogP contribution in [0.15, 0.2) is 16.8 Å². The number of ether oxygens (including phenoxy) is 1. The van der Waals surface area contributed by atoms with Gasteiger partial charge in [-0.05, 0) is 15.9 Å². The van der Waals surface area contributed by atoms with Gasteiger partial charge in [-0.3, -0.25) is 0 Å². The van der Waals surface area contributed by atoms with Crippen LogP contribution in [0.3, 0.4) is 0 Å². The van der Waals surface area contributed by atoms with Crippen molar-refractivity contribution in [1.82, 2.24) is 9.97 Å². The molecule has 1 aliphatic heterocycles. The molecule has 0 aromatic carbocycles. The highest BCUT2D eigenvalue weighted by molar-refractivity contribution is 9.10. The van der Waals surface area contributed by atoms with Gasteiger partial charge < -0.3 is 4.74 Å². The Morgan fingerprint density at radius 1 is 1.55 bits per heavy atom. The van der Waals surface area contributed by atoms with Crippen LogP contribution in [-0.4, -0.2) is 23.2 Å². The Kier molecular flexibility index (Phi) is 1.36. The van der Waals surface area contributed by atoms with E-state index in [1.165, 1.54) is 0 Å². The third kappa shape index (κ3) is 1.41. The second kappa shape index (κ2) is 2.87. The molecule has 0 N–H and O–H groups in total. The second-order valence-electron chi connectivity index (χ2n) is 2.35. The molecule has 4 heteroatoms. The topological polar surface area (TPSA) is 35.0 Å². The third-order valence-corrected chi connectivity index (χ3v) is 1.90. The average molecular weight is 217 g/mol. The van der Waals surface area contributed by atoms with Gasteiger partial charge in [0.2, 0.25) is 0 Å². The zero-order valence-corrected chi connectivity index (χ0v) is 7.26. The molecule has 58 valence electrons. The van der Waals surface area contributed by atoms with Crippen molar-refractivity contribution in [3.8, 4) is 0 Å². The summed E-state index contributed by atoms with van der Waals surface area (Å²) < 4.78 is 20.2. The van der Waals surface area contributed by atoms with E-state index < -0.39 is 0 Å². The summed E-state index contributed by atoms with van der Waals surface area (Å²) in [6.07, 6.45) is 0.142. The zero-order chi connectivity index (χ0) is 9.42. The molecule has 0 bridgehead atoms. The molecule has 1 fully saturated rings. The average Bonchev–Trinajstić information content (AvgIpc) is 1.96. The van der Waals surface area contributed by atoms with E-state index in [1.54, 1.807) is 0 Å². The lowest BCUT2D eigenvalue weighted by molar-refractivity contribution is 0.00483. The first kappa shape index (κ1) is 5.22. The predicted molar refractivity (Wildman–Crippen MR) is 43.3 cm³/mol. The van der Waals surface area contributed by atoms with Crippen molar-refractivity contribution in [2.75, 3.05) is 13.2 Å². The monoisotopic (exact) mass is 216 g/mol. The Labute approximate surface area is 75.8 Å². The van der Waals surface area contributed by atoms with E-state index in [0.717, 1.165) is 0 Å². The van der Waals surface area contributed by atoms with Gasteiger partial charge in [-0.2, -0.15) is 0 Å². The molecule has 0 saturated carbocycles. The fourth-order valence-electron chi connectivity index (χ4n) is 0.830. The van der Waals surface area contributed by atoms with Gasteiger partial charge in [-0.15, -0.1) is 0 Å². The standard InChI is InChI=1S/C7H7BrN2O/c8-6-1-9-7(10-2-6)5-3-11-4-5/h1-2,5H,3-4H2/i1D,2D. The molecule has 0 radical (unpaired) electrons. The van der Waals surface area contributed by atoms with E-state index in [1.807, 2.05) is 0 Å². The Bertz CT molecular complexity index is 320. The van der Waals surface area contributed by atoms with Crippen molar-refractivity contribution in [3.63, 3.8) is 0 Å². The van der Waals surface area contributed by atoms with E-state index in [4.69, 9.17) is 7.48 Å². The van der Waals surface area contributed by atoms with Gasteiger partial charge >= 0.3 is 0 Å². The van der Waals surface area contributed by atoms with Crippen molar-refractivity contribution >= 4 is 15.9 Å². The number of hydrogen-bond acceptors (Lipinski definition) is 3. The van der Waals surface area contributed by atoms with Crippen LogP contribution in [0, 0.1) is 0 Å². The Balaban J connectivity index is 2.37. The maximum atomic E-state index is 7.43. The fourth-order valence-corrected chi connectivity index (χ4v) is 1.01. The predicted octanol–water partition coefficient (Wildman–Crippen LogP) is 1.35. The Morgan fingerprint density at radius 2 is 2.18 bits per heavy atom. The first-order valence-corrected chi connectivity index (χ1v) is 4.06. The molecule has 0 spiro atoms. The molecular formula is C7H7BrN2O. The molecule has 0 unspecified atom stereocenters. The molecule has 0 amide bonds. The van der Waals surface area contributed by atoms with Crippen LogP contribution >= 0.6 is 15.9 Å². The van der Waals surface area contributed by atoms with E-state index in [2.05, 4.69) is 25.9 Å². The number of halogens is 1. The van der Waals surface area contributed by atoms with Gasteiger partial charge in [-0.25, -0.2) is 9.97 Å². The molecule has 0 atom stereocenters. The van der Waals surface area contributed by atoms with Crippen LogP contribution in [-0.2, 0) is 4.74 Å². The first-order valence-electron chi connectivity index (χ1n) is 4.27. The molecule has 1 aromatic rings. The lowest BCUT2D eigenvalue weighted by Crippen LogP contribution is -2.26.